The third-order valence-corrected chi connectivity index (χ3v) is 4.39. The minimum atomic E-state index is 0.766. The molecule has 4 nitrogen and oxygen atoms in total. The maximum absolute atomic E-state index is 4.77. The molecular formula is C18H30N4. The Kier molecular flexibility index (Phi) is 7.20. The predicted molar refractivity (Wildman–Crippen MR) is 93.0 cm³/mol. The largest absolute Gasteiger partial charge is 0.357 e. The number of aromatic nitrogens is 1. The van der Waals surface area contributed by atoms with E-state index in [1.54, 1.807) is 0 Å². The summed E-state index contributed by atoms with van der Waals surface area (Å²) in [4.78, 5) is 9.12. The molecule has 122 valence electrons. The normalized spacial score (nSPS) is 22.4. The molecule has 0 unspecified atom stereocenters. The molecule has 2 N–H and O–H groups in total. The van der Waals surface area contributed by atoms with Gasteiger partial charge in [0.25, 0.3) is 0 Å². The van der Waals surface area contributed by atoms with Crippen molar-refractivity contribution >= 4 is 5.96 Å². The number of aliphatic imine (C=N–C) groups is 1. The lowest BCUT2D eigenvalue weighted by Crippen LogP contribution is -2.38. The van der Waals surface area contributed by atoms with Gasteiger partial charge in [-0.05, 0) is 43.7 Å². The summed E-state index contributed by atoms with van der Waals surface area (Å²) in [6, 6.07) is 6.05. The second kappa shape index (κ2) is 9.44. The van der Waals surface area contributed by atoms with Gasteiger partial charge in [0.05, 0.1) is 0 Å². The van der Waals surface area contributed by atoms with E-state index in [2.05, 4.69) is 35.5 Å². The van der Waals surface area contributed by atoms with Crippen LogP contribution >= 0.6 is 0 Å². The Morgan fingerprint density at radius 3 is 2.73 bits per heavy atom. The minimum absolute atomic E-state index is 0.766. The highest BCUT2D eigenvalue weighted by molar-refractivity contribution is 5.79. The average molecular weight is 302 g/mol. The molecule has 1 aliphatic rings. The molecule has 0 amide bonds. The molecule has 0 radical (unpaired) electrons. The lowest BCUT2D eigenvalue weighted by molar-refractivity contribution is 0.296. The van der Waals surface area contributed by atoms with Crippen LogP contribution in [0.4, 0.5) is 0 Å². The van der Waals surface area contributed by atoms with E-state index in [1.165, 1.54) is 25.7 Å². The van der Waals surface area contributed by atoms with Crippen molar-refractivity contribution in [1.82, 2.24) is 15.6 Å². The molecule has 0 aromatic carbocycles. The van der Waals surface area contributed by atoms with Crippen molar-refractivity contribution < 1.29 is 0 Å². The van der Waals surface area contributed by atoms with E-state index in [0.29, 0.717) is 0 Å². The summed E-state index contributed by atoms with van der Waals surface area (Å²) >= 11 is 0. The molecule has 1 saturated carbocycles. The molecule has 0 spiro atoms. The van der Waals surface area contributed by atoms with Crippen LogP contribution in [0.3, 0.4) is 0 Å². The molecular weight excluding hydrogens is 272 g/mol. The fourth-order valence-electron chi connectivity index (χ4n) is 2.93. The Morgan fingerprint density at radius 2 is 2.05 bits per heavy atom. The van der Waals surface area contributed by atoms with Gasteiger partial charge in [0.1, 0.15) is 0 Å². The number of hydrogen-bond acceptors (Lipinski definition) is 2. The van der Waals surface area contributed by atoms with E-state index < -0.39 is 0 Å². The molecule has 1 fully saturated rings. The lowest BCUT2D eigenvalue weighted by atomic mass is 9.83. The Hall–Kier alpha value is -1.58. The number of guanidine groups is 1. The van der Waals surface area contributed by atoms with Crippen molar-refractivity contribution in [2.45, 2.75) is 46.0 Å². The number of hydrogen-bond donors (Lipinski definition) is 2. The van der Waals surface area contributed by atoms with Gasteiger partial charge in [0.2, 0.25) is 0 Å². The maximum Gasteiger partial charge on any atom is 0.191 e. The molecule has 0 bridgehead atoms. The molecule has 0 aliphatic heterocycles. The van der Waals surface area contributed by atoms with Crippen LogP contribution in [0.1, 0.15) is 45.2 Å². The second-order valence-electron chi connectivity index (χ2n) is 6.34. The Balaban J connectivity index is 1.74. The van der Waals surface area contributed by atoms with Crippen molar-refractivity contribution in [1.29, 1.82) is 0 Å². The monoisotopic (exact) mass is 302 g/mol. The van der Waals surface area contributed by atoms with Crippen molar-refractivity contribution in [3.8, 4) is 0 Å². The van der Waals surface area contributed by atoms with Gasteiger partial charge in [-0.25, -0.2) is 0 Å². The van der Waals surface area contributed by atoms with Crippen molar-refractivity contribution in [2.24, 2.45) is 16.8 Å². The fourth-order valence-corrected chi connectivity index (χ4v) is 2.93. The minimum Gasteiger partial charge on any atom is -0.357 e. The zero-order chi connectivity index (χ0) is 15.6. The molecule has 0 atom stereocenters. The van der Waals surface area contributed by atoms with E-state index in [9.17, 15) is 0 Å². The molecule has 2 rings (SSSR count). The van der Waals surface area contributed by atoms with Crippen LogP contribution in [0.5, 0.6) is 0 Å². The molecule has 1 aromatic rings. The zero-order valence-corrected chi connectivity index (χ0v) is 14.0. The summed E-state index contributed by atoms with van der Waals surface area (Å²) in [6.07, 6.45) is 8.16. The van der Waals surface area contributed by atoms with Gasteiger partial charge >= 0.3 is 0 Å². The van der Waals surface area contributed by atoms with Gasteiger partial charge in [0, 0.05) is 37.9 Å². The quantitative estimate of drug-likeness (QED) is 0.627. The number of rotatable bonds is 6. The topological polar surface area (TPSA) is 49.3 Å². The van der Waals surface area contributed by atoms with Crippen molar-refractivity contribution in [3.63, 3.8) is 0 Å². The second-order valence-corrected chi connectivity index (χ2v) is 6.34. The van der Waals surface area contributed by atoms with Crippen LogP contribution in [0.25, 0.3) is 0 Å². The maximum atomic E-state index is 4.77. The van der Waals surface area contributed by atoms with Gasteiger partial charge in [-0.15, -0.1) is 0 Å². The Morgan fingerprint density at radius 1 is 1.23 bits per heavy atom. The highest BCUT2D eigenvalue weighted by Crippen LogP contribution is 2.28. The number of nitrogens with one attached hydrogen (secondary N) is 2. The van der Waals surface area contributed by atoms with Crippen LogP contribution in [0.15, 0.2) is 29.4 Å². The number of nitrogens with zero attached hydrogens (tertiary/aromatic N) is 2. The molecule has 4 heteroatoms. The molecule has 22 heavy (non-hydrogen) atoms. The van der Waals surface area contributed by atoms with Crippen LogP contribution in [0, 0.1) is 11.8 Å². The number of pyridine rings is 1. The van der Waals surface area contributed by atoms with E-state index in [-0.39, 0.29) is 0 Å². The summed E-state index contributed by atoms with van der Waals surface area (Å²) in [5.74, 6) is 2.62. The van der Waals surface area contributed by atoms with Gasteiger partial charge in [0.15, 0.2) is 5.96 Å². The fraction of sp³-hybridized carbons (Fsp3) is 0.667. The predicted octanol–water partition coefficient (Wildman–Crippen LogP) is 3.01. The first-order valence-corrected chi connectivity index (χ1v) is 8.70. The summed E-state index contributed by atoms with van der Waals surface area (Å²) in [5.41, 5.74) is 1.12. The standard InChI is InChI=1S/C18H30N4/c1-3-19-18(21-13-11-17-6-4-5-12-20-17)22-14-16-9-7-15(2)8-10-16/h4-6,12,15-16H,3,7-11,13-14H2,1-2H3,(H2,19,21,22). The first-order valence-electron chi connectivity index (χ1n) is 8.70. The molecule has 0 saturated heterocycles. The highest BCUT2D eigenvalue weighted by atomic mass is 15.2. The first kappa shape index (κ1) is 16.8. The van der Waals surface area contributed by atoms with E-state index in [0.717, 1.165) is 49.5 Å². The van der Waals surface area contributed by atoms with Crippen LogP contribution in [-0.2, 0) is 6.42 Å². The van der Waals surface area contributed by atoms with Crippen LogP contribution in [0.2, 0.25) is 0 Å². The summed E-state index contributed by atoms with van der Waals surface area (Å²) < 4.78 is 0. The summed E-state index contributed by atoms with van der Waals surface area (Å²) in [5, 5.41) is 6.75. The highest BCUT2D eigenvalue weighted by Gasteiger charge is 2.17. The Labute approximate surface area is 134 Å². The summed E-state index contributed by atoms with van der Waals surface area (Å²) in [7, 11) is 0. The third kappa shape index (κ3) is 6.04. The van der Waals surface area contributed by atoms with Gasteiger partial charge in [-0.2, -0.15) is 0 Å². The molecule has 1 aromatic heterocycles. The smallest absolute Gasteiger partial charge is 0.191 e. The van der Waals surface area contributed by atoms with Gasteiger partial charge in [-0.1, -0.05) is 25.8 Å². The van der Waals surface area contributed by atoms with E-state index >= 15 is 0 Å². The van der Waals surface area contributed by atoms with Gasteiger partial charge in [-0.3, -0.25) is 9.98 Å². The molecule has 1 aliphatic carbocycles. The van der Waals surface area contributed by atoms with Gasteiger partial charge < -0.3 is 10.6 Å². The van der Waals surface area contributed by atoms with E-state index in [4.69, 9.17) is 4.99 Å². The molecule has 1 heterocycles. The van der Waals surface area contributed by atoms with Crippen molar-refractivity contribution in [2.75, 3.05) is 19.6 Å². The summed E-state index contributed by atoms with van der Waals surface area (Å²) in [6.45, 7) is 7.19. The first-order chi connectivity index (χ1) is 10.8. The zero-order valence-electron chi connectivity index (χ0n) is 14.0. The van der Waals surface area contributed by atoms with E-state index in [1.807, 2.05) is 18.3 Å². The Bertz CT molecular complexity index is 436. The lowest BCUT2D eigenvalue weighted by Gasteiger charge is -2.25. The average Bonchev–Trinajstić information content (AvgIpc) is 2.55. The van der Waals surface area contributed by atoms with Crippen LogP contribution < -0.4 is 10.6 Å². The van der Waals surface area contributed by atoms with Crippen molar-refractivity contribution in [3.05, 3.63) is 30.1 Å². The SMILES string of the molecule is CCNC(=NCC1CCC(C)CC1)NCCc1ccccn1. The van der Waals surface area contributed by atoms with Crippen LogP contribution in [-0.4, -0.2) is 30.6 Å². The third-order valence-electron chi connectivity index (χ3n) is 4.39.